The Balaban J connectivity index is 2.43. The lowest BCUT2D eigenvalue weighted by Crippen LogP contribution is -2.01. The molecule has 0 fully saturated rings. The summed E-state index contributed by atoms with van der Waals surface area (Å²) in [5, 5.41) is 8.04. The number of fused-ring (bicyclic) bond motifs is 3. The Bertz CT molecular complexity index is 487. The van der Waals surface area contributed by atoms with Gasteiger partial charge in [0.25, 0.3) is 0 Å². The van der Waals surface area contributed by atoms with E-state index in [0.29, 0.717) is 0 Å². The predicted octanol–water partition coefficient (Wildman–Crippen LogP) is 1.89. The standard InChI is InChI=1S/C9H7N3O/c1-2-8-7(3-4-13-12-8)9-6(1)5-10-11-9/h1-5,12H,(H,10,11). The van der Waals surface area contributed by atoms with Crippen molar-refractivity contribution < 1.29 is 4.84 Å². The highest BCUT2D eigenvalue weighted by molar-refractivity contribution is 5.92. The minimum absolute atomic E-state index is 0.958. The Morgan fingerprint density at radius 3 is 3.31 bits per heavy atom. The normalized spacial score (nSPS) is 13.5. The van der Waals surface area contributed by atoms with E-state index in [-0.39, 0.29) is 0 Å². The molecule has 1 aliphatic rings. The summed E-state index contributed by atoms with van der Waals surface area (Å²) in [7, 11) is 0. The van der Waals surface area contributed by atoms with E-state index in [1.165, 1.54) is 0 Å². The Morgan fingerprint density at radius 2 is 2.31 bits per heavy atom. The smallest absolute Gasteiger partial charge is 0.119 e. The zero-order chi connectivity index (χ0) is 8.67. The molecule has 13 heavy (non-hydrogen) atoms. The van der Waals surface area contributed by atoms with Gasteiger partial charge in [-0.25, -0.2) is 5.48 Å². The van der Waals surface area contributed by atoms with E-state index < -0.39 is 0 Å². The molecule has 1 aromatic carbocycles. The molecule has 2 heterocycles. The third kappa shape index (κ3) is 0.823. The number of H-pyrrole nitrogens is 1. The van der Waals surface area contributed by atoms with Gasteiger partial charge in [-0.05, 0) is 18.2 Å². The van der Waals surface area contributed by atoms with Crippen LogP contribution in [0.25, 0.3) is 17.0 Å². The number of nitrogens with one attached hydrogen (secondary N) is 2. The molecule has 4 heteroatoms. The van der Waals surface area contributed by atoms with E-state index in [1.54, 1.807) is 12.5 Å². The summed E-state index contributed by atoms with van der Waals surface area (Å²) in [5.74, 6) is 0. The lowest BCUT2D eigenvalue weighted by atomic mass is 10.1. The number of aromatic nitrogens is 2. The molecule has 4 nitrogen and oxygen atoms in total. The maximum atomic E-state index is 4.96. The average Bonchev–Trinajstić information content (AvgIpc) is 2.65. The molecule has 0 aliphatic carbocycles. The molecule has 0 saturated carbocycles. The first kappa shape index (κ1) is 6.54. The van der Waals surface area contributed by atoms with E-state index in [2.05, 4.69) is 15.7 Å². The number of anilines is 1. The topological polar surface area (TPSA) is 49.9 Å². The van der Waals surface area contributed by atoms with Gasteiger partial charge in [0, 0.05) is 10.9 Å². The first-order chi connectivity index (χ1) is 6.45. The first-order valence-electron chi connectivity index (χ1n) is 3.99. The van der Waals surface area contributed by atoms with Gasteiger partial charge in [-0.3, -0.25) is 5.10 Å². The highest BCUT2D eigenvalue weighted by Crippen LogP contribution is 2.27. The Morgan fingerprint density at radius 1 is 1.31 bits per heavy atom. The summed E-state index contributed by atoms with van der Waals surface area (Å²) in [6.07, 6.45) is 5.33. The van der Waals surface area contributed by atoms with Crippen molar-refractivity contribution in [1.29, 1.82) is 0 Å². The quantitative estimate of drug-likeness (QED) is 0.639. The monoisotopic (exact) mass is 173 g/mol. The minimum Gasteiger partial charge on any atom is -0.390 e. The SMILES string of the molecule is C1=Cc2c(ccc3cn[nH]c23)NO1. The van der Waals surface area contributed by atoms with Gasteiger partial charge in [-0.1, -0.05) is 0 Å². The second-order valence-corrected chi connectivity index (χ2v) is 2.88. The summed E-state index contributed by atoms with van der Waals surface area (Å²) in [6, 6.07) is 3.96. The maximum Gasteiger partial charge on any atom is 0.119 e. The number of rotatable bonds is 0. The Hall–Kier alpha value is -1.97. The van der Waals surface area contributed by atoms with E-state index in [0.717, 1.165) is 22.2 Å². The van der Waals surface area contributed by atoms with Crippen molar-refractivity contribution in [3.8, 4) is 0 Å². The summed E-state index contributed by atoms with van der Waals surface area (Å²) in [5.41, 5.74) is 5.88. The maximum absolute atomic E-state index is 4.96. The van der Waals surface area contributed by atoms with Gasteiger partial charge >= 0.3 is 0 Å². The fourth-order valence-corrected chi connectivity index (χ4v) is 1.50. The van der Waals surface area contributed by atoms with Crippen LogP contribution >= 0.6 is 0 Å². The van der Waals surface area contributed by atoms with Gasteiger partial charge in [-0.2, -0.15) is 5.10 Å². The zero-order valence-corrected chi connectivity index (χ0v) is 6.74. The van der Waals surface area contributed by atoms with E-state index >= 15 is 0 Å². The summed E-state index contributed by atoms with van der Waals surface area (Å²) in [6.45, 7) is 0. The molecule has 0 unspecified atom stereocenters. The van der Waals surface area contributed by atoms with Crippen LogP contribution in [0.5, 0.6) is 0 Å². The average molecular weight is 173 g/mol. The highest BCUT2D eigenvalue weighted by atomic mass is 16.6. The number of hydrogen-bond acceptors (Lipinski definition) is 3. The molecular formula is C9H7N3O. The van der Waals surface area contributed by atoms with Crippen LogP contribution in [0.4, 0.5) is 5.69 Å². The van der Waals surface area contributed by atoms with Crippen molar-refractivity contribution in [3.05, 3.63) is 30.2 Å². The van der Waals surface area contributed by atoms with E-state index in [1.807, 2.05) is 18.2 Å². The van der Waals surface area contributed by atoms with Crippen molar-refractivity contribution in [2.24, 2.45) is 0 Å². The molecule has 0 radical (unpaired) electrons. The lowest BCUT2D eigenvalue weighted by Gasteiger charge is -2.12. The first-order valence-corrected chi connectivity index (χ1v) is 3.99. The lowest BCUT2D eigenvalue weighted by molar-refractivity contribution is 0.329. The van der Waals surface area contributed by atoms with Crippen molar-refractivity contribution >= 4 is 22.7 Å². The van der Waals surface area contributed by atoms with Crippen LogP contribution < -0.4 is 5.48 Å². The molecular weight excluding hydrogens is 166 g/mol. The zero-order valence-electron chi connectivity index (χ0n) is 6.74. The molecule has 0 bridgehead atoms. The Labute approximate surface area is 74.2 Å². The van der Waals surface area contributed by atoms with Gasteiger partial charge in [0.2, 0.25) is 0 Å². The molecule has 0 amide bonds. The molecule has 64 valence electrons. The van der Waals surface area contributed by atoms with Crippen LogP contribution in [-0.2, 0) is 4.84 Å². The molecule has 1 aromatic heterocycles. The van der Waals surface area contributed by atoms with Gasteiger partial charge in [0.15, 0.2) is 0 Å². The number of nitrogens with zero attached hydrogens (tertiary/aromatic N) is 1. The molecule has 2 aromatic rings. The van der Waals surface area contributed by atoms with Crippen molar-refractivity contribution in [2.75, 3.05) is 5.48 Å². The molecule has 3 rings (SSSR count). The van der Waals surface area contributed by atoms with Crippen LogP contribution in [0.2, 0.25) is 0 Å². The van der Waals surface area contributed by atoms with Crippen LogP contribution in [0.1, 0.15) is 5.56 Å². The highest BCUT2D eigenvalue weighted by Gasteiger charge is 2.09. The molecule has 0 saturated heterocycles. The summed E-state index contributed by atoms with van der Waals surface area (Å²) in [4.78, 5) is 4.96. The van der Waals surface area contributed by atoms with Gasteiger partial charge < -0.3 is 4.84 Å². The third-order valence-electron chi connectivity index (χ3n) is 2.13. The van der Waals surface area contributed by atoms with Crippen molar-refractivity contribution in [1.82, 2.24) is 10.2 Å². The molecule has 0 spiro atoms. The fraction of sp³-hybridized carbons (Fsp3) is 0. The van der Waals surface area contributed by atoms with Gasteiger partial charge in [0.05, 0.1) is 17.4 Å². The third-order valence-corrected chi connectivity index (χ3v) is 2.13. The van der Waals surface area contributed by atoms with Crippen molar-refractivity contribution in [3.63, 3.8) is 0 Å². The Kier molecular flexibility index (Phi) is 1.14. The van der Waals surface area contributed by atoms with E-state index in [4.69, 9.17) is 4.84 Å². The minimum atomic E-state index is 0.958. The number of aromatic amines is 1. The van der Waals surface area contributed by atoms with Gasteiger partial charge in [0.1, 0.15) is 6.26 Å². The van der Waals surface area contributed by atoms with Crippen LogP contribution in [0.3, 0.4) is 0 Å². The molecule has 1 aliphatic heterocycles. The van der Waals surface area contributed by atoms with Gasteiger partial charge in [-0.15, -0.1) is 0 Å². The van der Waals surface area contributed by atoms with E-state index in [9.17, 15) is 0 Å². The predicted molar refractivity (Wildman–Crippen MR) is 49.8 cm³/mol. The summed E-state index contributed by atoms with van der Waals surface area (Å²) < 4.78 is 0. The summed E-state index contributed by atoms with van der Waals surface area (Å²) >= 11 is 0. The van der Waals surface area contributed by atoms with Crippen molar-refractivity contribution in [2.45, 2.75) is 0 Å². The van der Waals surface area contributed by atoms with Crippen LogP contribution in [0, 0.1) is 0 Å². The van der Waals surface area contributed by atoms with Crippen LogP contribution in [0.15, 0.2) is 24.6 Å². The second-order valence-electron chi connectivity index (χ2n) is 2.88. The number of hydrogen-bond donors (Lipinski definition) is 2. The number of benzene rings is 1. The second kappa shape index (κ2) is 2.26. The molecule has 0 atom stereocenters. The largest absolute Gasteiger partial charge is 0.390 e. The molecule has 2 N–H and O–H groups in total. The van der Waals surface area contributed by atoms with Crippen LogP contribution in [-0.4, -0.2) is 10.2 Å². The fourth-order valence-electron chi connectivity index (χ4n) is 1.50.